The smallest absolute Gasteiger partial charge is 0.324 e. The third-order valence-electron chi connectivity index (χ3n) is 3.87. The van der Waals surface area contributed by atoms with E-state index in [4.69, 9.17) is 0 Å². The van der Waals surface area contributed by atoms with Crippen molar-refractivity contribution in [2.24, 2.45) is 0 Å². The normalized spacial score (nSPS) is 21.8. The maximum Gasteiger partial charge on any atom is 0.324 e. The lowest BCUT2D eigenvalue weighted by Crippen LogP contribution is -2.55. The van der Waals surface area contributed by atoms with E-state index in [9.17, 15) is 9.90 Å². The van der Waals surface area contributed by atoms with Gasteiger partial charge in [0.05, 0.1) is 0 Å². The van der Waals surface area contributed by atoms with Crippen molar-refractivity contribution in [2.75, 3.05) is 26.2 Å². The van der Waals surface area contributed by atoms with Gasteiger partial charge in [-0.05, 0) is 25.8 Å². The number of unbranched alkanes of at least 4 members (excludes halogenated alkanes) is 1. The van der Waals surface area contributed by atoms with Crippen LogP contribution in [0.15, 0.2) is 0 Å². The molecule has 0 aromatic rings. The number of nitrogens with one attached hydrogen (secondary N) is 1. The number of nitrogens with zero attached hydrogens (tertiary/aromatic N) is 1. The zero-order valence-electron chi connectivity index (χ0n) is 11.2. The number of carboxylic acids is 1. The number of carboxylic acid groups (broad SMARTS) is 1. The van der Waals surface area contributed by atoms with Crippen molar-refractivity contribution >= 4 is 5.97 Å². The Morgan fingerprint density at radius 3 is 2.71 bits per heavy atom. The first-order valence-electron chi connectivity index (χ1n) is 6.86. The molecule has 1 heterocycles. The third-order valence-corrected chi connectivity index (χ3v) is 3.87. The van der Waals surface area contributed by atoms with Crippen LogP contribution in [0.4, 0.5) is 0 Å². The predicted octanol–water partition coefficient (Wildman–Crippen LogP) is 1.71. The maximum absolute atomic E-state index is 11.7. The molecule has 2 N–H and O–H groups in total. The highest BCUT2D eigenvalue weighted by Crippen LogP contribution is 2.27. The maximum atomic E-state index is 11.7. The Bertz CT molecular complexity index is 238. The molecular formula is C13H26N2O2. The Morgan fingerprint density at radius 1 is 1.35 bits per heavy atom. The summed E-state index contributed by atoms with van der Waals surface area (Å²) in [5.74, 6) is -0.643. The molecule has 4 heteroatoms. The standard InChI is InChI=1S/C13H26N2O2/c1-3-5-7-13(4-2,12(16)17)15-10-6-8-14-9-11-15/h14H,3-11H2,1-2H3,(H,16,17). The zero-order chi connectivity index (χ0) is 12.7. The molecule has 4 nitrogen and oxygen atoms in total. The van der Waals surface area contributed by atoms with Crippen molar-refractivity contribution in [3.8, 4) is 0 Å². The minimum Gasteiger partial charge on any atom is -0.480 e. The van der Waals surface area contributed by atoms with Crippen LogP contribution in [0.3, 0.4) is 0 Å². The van der Waals surface area contributed by atoms with Gasteiger partial charge in [-0.1, -0.05) is 26.7 Å². The summed E-state index contributed by atoms with van der Waals surface area (Å²) < 4.78 is 0. The molecule has 1 aliphatic heterocycles. The fourth-order valence-electron chi connectivity index (χ4n) is 2.69. The van der Waals surface area contributed by atoms with E-state index in [2.05, 4.69) is 17.1 Å². The molecule has 0 saturated carbocycles. The second kappa shape index (κ2) is 6.97. The summed E-state index contributed by atoms with van der Waals surface area (Å²) >= 11 is 0. The lowest BCUT2D eigenvalue weighted by Gasteiger charge is -2.39. The minimum atomic E-state index is -0.643. The van der Waals surface area contributed by atoms with Gasteiger partial charge in [0, 0.05) is 19.6 Å². The van der Waals surface area contributed by atoms with E-state index in [-0.39, 0.29) is 0 Å². The summed E-state index contributed by atoms with van der Waals surface area (Å²) in [4.78, 5) is 13.9. The number of carbonyl (C=O) groups is 1. The Hall–Kier alpha value is -0.610. The van der Waals surface area contributed by atoms with E-state index in [0.29, 0.717) is 6.42 Å². The van der Waals surface area contributed by atoms with Crippen molar-refractivity contribution in [1.29, 1.82) is 0 Å². The molecule has 0 radical (unpaired) electrons. The van der Waals surface area contributed by atoms with Crippen molar-refractivity contribution in [3.05, 3.63) is 0 Å². The van der Waals surface area contributed by atoms with Crippen LogP contribution in [0.2, 0.25) is 0 Å². The summed E-state index contributed by atoms with van der Waals surface area (Å²) in [6.45, 7) is 7.78. The molecule has 0 amide bonds. The van der Waals surface area contributed by atoms with Gasteiger partial charge in [-0.2, -0.15) is 0 Å². The predicted molar refractivity (Wildman–Crippen MR) is 69.2 cm³/mol. The molecular weight excluding hydrogens is 216 g/mol. The van der Waals surface area contributed by atoms with E-state index in [0.717, 1.165) is 51.9 Å². The molecule has 0 spiro atoms. The van der Waals surface area contributed by atoms with E-state index in [1.807, 2.05) is 6.92 Å². The molecule has 1 atom stereocenters. The highest BCUT2D eigenvalue weighted by molar-refractivity contribution is 5.78. The SMILES string of the molecule is CCCCC(CC)(C(=O)O)N1CCCNCC1. The van der Waals surface area contributed by atoms with Crippen molar-refractivity contribution in [2.45, 2.75) is 51.5 Å². The quantitative estimate of drug-likeness (QED) is 0.744. The Balaban J connectivity index is 2.81. The van der Waals surface area contributed by atoms with Crippen LogP contribution in [0.5, 0.6) is 0 Å². The van der Waals surface area contributed by atoms with E-state index < -0.39 is 11.5 Å². The summed E-state index contributed by atoms with van der Waals surface area (Å²) in [7, 11) is 0. The molecule has 1 rings (SSSR count). The number of aliphatic carboxylic acids is 1. The summed E-state index contributed by atoms with van der Waals surface area (Å²) in [5.41, 5.74) is -0.637. The number of hydrogen-bond acceptors (Lipinski definition) is 3. The third kappa shape index (κ3) is 3.42. The van der Waals surface area contributed by atoms with Crippen LogP contribution in [-0.2, 0) is 4.79 Å². The monoisotopic (exact) mass is 242 g/mol. The lowest BCUT2D eigenvalue weighted by molar-refractivity contribution is -0.152. The van der Waals surface area contributed by atoms with Gasteiger partial charge in [0.25, 0.3) is 0 Å². The first-order chi connectivity index (χ1) is 8.17. The molecule has 0 aromatic heterocycles. The van der Waals surface area contributed by atoms with Crippen LogP contribution < -0.4 is 5.32 Å². The minimum absolute atomic E-state index is 0.637. The molecule has 100 valence electrons. The second-order valence-corrected chi connectivity index (χ2v) is 4.88. The van der Waals surface area contributed by atoms with Crippen molar-refractivity contribution in [1.82, 2.24) is 10.2 Å². The highest BCUT2D eigenvalue weighted by Gasteiger charge is 2.41. The zero-order valence-corrected chi connectivity index (χ0v) is 11.2. The Morgan fingerprint density at radius 2 is 2.12 bits per heavy atom. The van der Waals surface area contributed by atoms with Crippen LogP contribution >= 0.6 is 0 Å². The first-order valence-corrected chi connectivity index (χ1v) is 6.86. The van der Waals surface area contributed by atoms with Crippen LogP contribution in [0.1, 0.15) is 46.0 Å². The van der Waals surface area contributed by atoms with Crippen LogP contribution in [0, 0.1) is 0 Å². The summed E-state index contributed by atoms with van der Waals surface area (Å²) in [6, 6.07) is 0. The van der Waals surface area contributed by atoms with E-state index >= 15 is 0 Å². The van der Waals surface area contributed by atoms with Crippen LogP contribution in [-0.4, -0.2) is 47.7 Å². The molecule has 0 aliphatic carbocycles. The Kier molecular flexibility index (Phi) is 5.92. The summed E-state index contributed by atoms with van der Waals surface area (Å²) in [6.07, 6.45) is 4.56. The molecule has 0 aromatic carbocycles. The number of rotatable bonds is 6. The molecule has 1 aliphatic rings. The van der Waals surface area contributed by atoms with E-state index in [1.54, 1.807) is 0 Å². The van der Waals surface area contributed by atoms with Gasteiger partial charge in [-0.3, -0.25) is 9.69 Å². The Labute approximate surface area is 104 Å². The highest BCUT2D eigenvalue weighted by atomic mass is 16.4. The fraction of sp³-hybridized carbons (Fsp3) is 0.923. The average Bonchev–Trinajstić information content (AvgIpc) is 2.59. The molecule has 1 saturated heterocycles. The molecule has 0 bridgehead atoms. The number of hydrogen-bond donors (Lipinski definition) is 2. The second-order valence-electron chi connectivity index (χ2n) is 4.88. The summed E-state index contributed by atoms with van der Waals surface area (Å²) in [5, 5.41) is 13.0. The van der Waals surface area contributed by atoms with Crippen LogP contribution in [0.25, 0.3) is 0 Å². The van der Waals surface area contributed by atoms with Gasteiger partial charge in [0.1, 0.15) is 5.54 Å². The van der Waals surface area contributed by atoms with Gasteiger partial charge < -0.3 is 10.4 Å². The largest absolute Gasteiger partial charge is 0.480 e. The van der Waals surface area contributed by atoms with Gasteiger partial charge in [-0.25, -0.2) is 0 Å². The molecule has 1 unspecified atom stereocenters. The van der Waals surface area contributed by atoms with Crippen molar-refractivity contribution in [3.63, 3.8) is 0 Å². The van der Waals surface area contributed by atoms with Gasteiger partial charge >= 0.3 is 5.97 Å². The topological polar surface area (TPSA) is 52.6 Å². The van der Waals surface area contributed by atoms with Gasteiger partial charge in [0.15, 0.2) is 0 Å². The molecule has 1 fully saturated rings. The van der Waals surface area contributed by atoms with Crippen molar-refractivity contribution < 1.29 is 9.90 Å². The lowest BCUT2D eigenvalue weighted by atomic mass is 9.87. The van der Waals surface area contributed by atoms with Gasteiger partial charge in [0.2, 0.25) is 0 Å². The fourth-order valence-corrected chi connectivity index (χ4v) is 2.69. The van der Waals surface area contributed by atoms with E-state index in [1.165, 1.54) is 0 Å². The first kappa shape index (κ1) is 14.5. The average molecular weight is 242 g/mol. The molecule has 17 heavy (non-hydrogen) atoms. The van der Waals surface area contributed by atoms with Gasteiger partial charge in [-0.15, -0.1) is 0 Å².